The average molecular weight is 192 g/mol. The first-order chi connectivity index (χ1) is 5.83. The van der Waals surface area contributed by atoms with E-state index in [0.717, 1.165) is 0 Å². The largest absolute Gasteiger partial charge is 0.366 e. The quantitative estimate of drug-likeness (QED) is 0.457. The molecule has 0 aromatic heterocycles. The summed E-state index contributed by atoms with van der Waals surface area (Å²) in [6.45, 7) is 3.34. The van der Waals surface area contributed by atoms with Gasteiger partial charge in [0.25, 0.3) is 0 Å². The van der Waals surface area contributed by atoms with Crippen LogP contribution in [0.3, 0.4) is 0 Å². The fourth-order valence-corrected chi connectivity index (χ4v) is 1.01. The molecule has 80 valence electrons. The summed E-state index contributed by atoms with van der Waals surface area (Å²) < 4.78 is 0. The Balaban J connectivity index is 3.68. The maximum atomic E-state index is 9.19. The third-order valence-corrected chi connectivity index (χ3v) is 2.29. The Morgan fingerprint density at radius 3 is 1.31 bits per heavy atom. The van der Waals surface area contributed by atoms with Crippen LogP contribution in [0.2, 0.25) is 0 Å². The lowest BCUT2D eigenvalue weighted by Gasteiger charge is -2.23. The zero-order valence-corrected chi connectivity index (χ0v) is 8.32. The van der Waals surface area contributed by atoms with Crippen molar-refractivity contribution in [2.24, 2.45) is 0 Å². The third-order valence-electron chi connectivity index (χ3n) is 2.29. The van der Waals surface area contributed by atoms with Gasteiger partial charge in [0.2, 0.25) is 0 Å². The molecule has 0 aliphatic rings. The predicted molar refractivity (Wildman–Crippen MR) is 48.8 cm³/mol. The van der Waals surface area contributed by atoms with E-state index >= 15 is 0 Å². The van der Waals surface area contributed by atoms with Gasteiger partial charge in [-0.05, 0) is 19.3 Å². The van der Waals surface area contributed by atoms with Crippen LogP contribution in [0, 0.1) is 0 Å². The molecule has 0 radical (unpaired) electrons. The summed E-state index contributed by atoms with van der Waals surface area (Å²) >= 11 is 0. The summed E-state index contributed by atoms with van der Waals surface area (Å²) in [5.41, 5.74) is 0. The molecular formula is C9H20O4. The first-order valence-electron chi connectivity index (χ1n) is 4.72. The van der Waals surface area contributed by atoms with Crippen LogP contribution in [0.5, 0.6) is 0 Å². The van der Waals surface area contributed by atoms with E-state index in [-0.39, 0.29) is 25.7 Å². The molecule has 0 aromatic carbocycles. The minimum atomic E-state index is -1.66. The van der Waals surface area contributed by atoms with Crippen molar-refractivity contribution in [3.63, 3.8) is 0 Å². The second kappa shape index (κ2) is 4.91. The Morgan fingerprint density at radius 1 is 0.769 bits per heavy atom. The Hall–Kier alpha value is -0.160. The number of hydrogen-bond acceptors (Lipinski definition) is 4. The summed E-state index contributed by atoms with van der Waals surface area (Å²) in [6, 6.07) is 0. The summed E-state index contributed by atoms with van der Waals surface area (Å²) in [4.78, 5) is 0. The smallest absolute Gasteiger partial charge is 0.162 e. The summed E-state index contributed by atoms with van der Waals surface area (Å²) in [6.07, 6.45) is 1.24. The van der Waals surface area contributed by atoms with Crippen molar-refractivity contribution in [1.29, 1.82) is 0 Å². The predicted octanol–water partition coefficient (Wildman–Crippen LogP) is 0.339. The molecule has 0 aromatic rings. The molecule has 0 rings (SSSR count). The molecule has 0 spiro atoms. The first kappa shape index (κ1) is 12.8. The van der Waals surface area contributed by atoms with Gasteiger partial charge >= 0.3 is 0 Å². The van der Waals surface area contributed by atoms with E-state index in [4.69, 9.17) is 0 Å². The average Bonchev–Trinajstić information content (AvgIpc) is 2.04. The molecule has 4 nitrogen and oxygen atoms in total. The maximum Gasteiger partial charge on any atom is 0.162 e. The van der Waals surface area contributed by atoms with Gasteiger partial charge in [0, 0.05) is 12.8 Å². The molecule has 0 saturated heterocycles. The Bertz CT molecular complexity index is 127. The molecule has 4 N–H and O–H groups in total. The van der Waals surface area contributed by atoms with E-state index in [2.05, 4.69) is 0 Å². The second-order valence-electron chi connectivity index (χ2n) is 3.53. The minimum Gasteiger partial charge on any atom is -0.366 e. The molecule has 0 amide bonds. The van der Waals surface area contributed by atoms with Crippen LogP contribution in [-0.4, -0.2) is 32.0 Å². The SMILES string of the molecule is CCC(O)(O)CCCC(O)(O)CC. The minimum absolute atomic E-state index is 0.173. The molecular weight excluding hydrogens is 172 g/mol. The van der Waals surface area contributed by atoms with Crippen molar-refractivity contribution < 1.29 is 20.4 Å². The molecule has 0 heterocycles. The van der Waals surface area contributed by atoms with Gasteiger partial charge < -0.3 is 20.4 Å². The number of hydrogen-bond donors (Lipinski definition) is 4. The van der Waals surface area contributed by atoms with Gasteiger partial charge in [-0.2, -0.15) is 0 Å². The summed E-state index contributed by atoms with van der Waals surface area (Å²) in [7, 11) is 0. The van der Waals surface area contributed by atoms with E-state index in [0.29, 0.717) is 6.42 Å². The van der Waals surface area contributed by atoms with Crippen LogP contribution in [0.4, 0.5) is 0 Å². The van der Waals surface area contributed by atoms with Crippen molar-refractivity contribution in [3.8, 4) is 0 Å². The molecule has 13 heavy (non-hydrogen) atoms. The lowest BCUT2D eigenvalue weighted by atomic mass is 10.0. The van der Waals surface area contributed by atoms with E-state index < -0.39 is 11.6 Å². The highest BCUT2D eigenvalue weighted by Gasteiger charge is 2.24. The topological polar surface area (TPSA) is 80.9 Å². The van der Waals surface area contributed by atoms with Crippen molar-refractivity contribution in [1.82, 2.24) is 0 Å². The number of rotatable bonds is 6. The van der Waals surface area contributed by atoms with Gasteiger partial charge in [-0.3, -0.25) is 0 Å². The van der Waals surface area contributed by atoms with Gasteiger partial charge in [-0.15, -0.1) is 0 Å². The summed E-state index contributed by atoms with van der Waals surface area (Å²) in [5, 5.41) is 36.7. The van der Waals surface area contributed by atoms with Gasteiger partial charge in [-0.25, -0.2) is 0 Å². The molecule has 0 fully saturated rings. The van der Waals surface area contributed by atoms with Gasteiger partial charge in [-0.1, -0.05) is 13.8 Å². The molecule has 0 atom stereocenters. The lowest BCUT2D eigenvalue weighted by molar-refractivity contribution is -0.186. The Kier molecular flexibility index (Phi) is 4.85. The highest BCUT2D eigenvalue weighted by molar-refractivity contribution is 4.67. The summed E-state index contributed by atoms with van der Waals surface area (Å²) in [5.74, 6) is -3.33. The molecule has 0 aliphatic heterocycles. The van der Waals surface area contributed by atoms with Crippen LogP contribution in [-0.2, 0) is 0 Å². The Morgan fingerprint density at radius 2 is 1.08 bits per heavy atom. The zero-order chi connectivity index (χ0) is 10.5. The highest BCUT2D eigenvalue weighted by Crippen LogP contribution is 2.19. The second-order valence-corrected chi connectivity index (χ2v) is 3.53. The Labute approximate surface area is 78.8 Å². The van der Waals surface area contributed by atoms with Gasteiger partial charge in [0.05, 0.1) is 0 Å². The molecule has 0 bridgehead atoms. The first-order valence-corrected chi connectivity index (χ1v) is 4.72. The third kappa shape index (κ3) is 5.99. The zero-order valence-electron chi connectivity index (χ0n) is 8.32. The number of aliphatic hydroxyl groups is 4. The van der Waals surface area contributed by atoms with Crippen LogP contribution in [0.25, 0.3) is 0 Å². The van der Waals surface area contributed by atoms with Crippen molar-refractivity contribution in [2.45, 2.75) is 57.5 Å². The van der Waals surface area contributed by atoms with Crippen LogP contribution in [0.15, 0.2) is 0 Å². The van der Waals surface area contributed by atoms with E-state index in [1.807, 2.05) is 0 Å². The molecule has 0 unspecified atom stereocenters. The van der Waals surface area contributed by atoms with E-state index in [1.54, 1.807) is 13.8 Å². The highest BCUT2D eigenvalue weighted by atomic mass is 16.5. The fourth-order valence-electron chi connectivity index (χ4n) is 1.01. The van der Waals surface area contributed by atoms with Gasteiger partial charge in [0.1, 0.15) is 0 Å². The van der Waals surface area contributed by atoms with Gasteiger partial charge in [0.15, 0.2) is 11.6 Å². The monoisotopic (exact) mass is 192 g/mol. The van der Waals surface area contributed by atoms with Crippen molar-refractivity contribution in [3.05, 3.63) is 0 Å². The van der Waals surface area contributed by atoms with Crippen molar-refractivity contribution in [2.75, 3.05) is 0 Å². The van der Waals surface area contributed by atoms with Crippen LogP contribution < -0.4 is 0 Å². The normalized spacial score (nSPS) is 13.4. The lowest BCUT2D eigenvalue weighted by Crippen LogP contribution is -2.30. The van der Waals surface area contributed by atoms with Crippen LogP contribution >= 0.6 is 0 Å². The standard InChI is InChI=1S/C9H20O4/c1-3-8(10,11)6-5-7-9(12,13)4-2/h10-13H,3-7H2,1-2H3. The molecule has 0 aliphatic carbocycles. The van der Waals surface area contributed by atoms with Crippen molar-refractivity contribution >= 4 is 0 Å². The van der Waals surface area contributed by atoms with E-state index in [9.17, 15) is 20.4 Å². The molecule has 4 heteroatoms. The fraction of sp³-hybridized carbons (Fsp3) is 1.00. The maximum absolute atomic E-state index is 9.19. The van der Waals surface area contributed by atoms with Crippen LogP contribution in [0.1, 0.15) is 46.0 Å². The molecule has 0 saturated carbocycles. The van der Waals surface area contributed by atoms with E-state index in [1.165, 1.54) is 0 Å².